The summed E-state index contributed by atoms with van der Waals surface area (Å²) < 4.78 is 4.98. The molecule has 0 aliphatic rings. The van der Waals surface area contributed by atoms with Gasteiger partial charge in [0.25, 0.3) is 0 Å². The molecule has 3 nitrogen and oxygen atoms in total. The van der Waals surface area contributed by atoms with Crippen molar-refractivity contribution in [3.8, 4) is 5.75 Å². The van der Waals surface area contributed by atoms with Crippen LogP contribution in [0.1, 0.15) is 5.56 Å². The number of hydrogen-bond donors (Lipinski definition) is 1. The molecule has 15 heavy (non-hydrogen) atoms. The minimum Gasteiger partial charge on any atom is -0.482 e. The van der Waals surface area contributed by atoms with Crippen LogP contribution in [0.3, 0.4) is 0 Å². The maximum Gasteiger partial charge on any atom is 0.341 e. The molecular weight excluding hydrogens is 216 g/mol. The van der Waals surface area contributed by atoms with Crippen molar-refractivity contribution >= 4 is 23.6 Å². The maximum atomic E-state index is 10.2. The molecule has 0 radical (unpaired) electrons. The van der Waals surface area contributed by atoms with E-state index in [-0.39, 0.29) is 6.61 Å². The van der Waals surface area contributed by atoms with Crippen molar-refractivity contribution in [1.82, 2.24) is 0 Å². The fourth-order valence-electron chi connectivity index (χ4n) is 1.00. The van der Waals surface area contributed by atoms with Gasteiger partial charge in [-0.15, -0.1) is 11.6 Å². The number of hydrogen-bond acceptors (Lipinski definition) is 2. The Hall–Kier alpha value is -1.48. The average molecular weight is 227 g/mol. The normalized spacial score (nSPS) is 10.5. The van der Waals surface area contributed by atoms with Gasteiger partial charge in [0, 0.05) is 5.88 Å². The van der Waals surface area contributed by atoms with E-state index < -0.39 is 5.97 Å². The van der Waals surface area contributed by atoms with Crippen molar-refractivity contribution in [3.63, 3.8) is 0 Å². The Morgan fingerprint density at radius 2 is 2.07 bits per heavy atom. The summed E-state index contributed by atoms with van der Waals surface area (Å²) in [6.07, 6.45) is 3.71. The maximum absolute atomic E-state index is 10.2. The lowest BCUT2D eigenvalue weighted by atomic mass is 10.2. The number of benzene rings is 1. The molecule has 1 N–H and O–H groups in total. The predicted octanol–water partition coefficient (Wildman–Crippen LogP) is 2.40. The van der Waals surface area contributed by atoms with Crippen LogP contribution in [0.15, 0.2) is 30.3 Å². The molecule has 4 heteroatoms. The lowest BCUT2D eigenvalue weighted by Gasteiger charge is -2.02. The lowest BCUT2D eigenvalue weighted by molar-refractivity contribution is -0.139. The number of carboxylic acid groups (broad SMARTS) is 1. The summed E-state index contributed by atoms with van der Waals surface area (Å²) in [5.74, 6) is 0.0265. The molecular formula is C11H11ClO3. The zero-order chi connectivity index (χ0) is 11.1. The summed E-state index contributed by atoms with van der Waals surface area (Å²) in [7, 11) is 0. The first kappa shape index (κ1) is 11.6. The Morgan fingerprint density at radius 1 is 1.40 bits per heavy atom. The zero-order valence-corrected chi connectivity index (χ0v) is 8.78. The van der Waals surface area contributed by atoms with E-state index in [2.05, 4.69) is 0 Å². The molecule has 0 heterocycles. The largest absolute Gasteiger partial charge is 0.482 e. The van der Waals surface area contributed by atoms with Crippen molar-refractivity contribution < 1.29 is 14.6 Å². The Kier molecular flexibility index (Phi) is 4.71. The standard InChI is InChI=1S/C11H11ClO3/c12-7-1-2-9-3-5-10(6-4-9)15-8-11(13)14/h1-6H,7-8H2,(H,13,14). The van der Waals surface area contributed by atoms with E-state index in [1.807, 2.05) is 24.3 Å². The van der Waals surface area contributed by atoms with Crippen LogP contribution in [0, 0.1) is 0 Å². The quantitative estimate of drug-likeness (QED) is 0.785. The third-order valence-electron chi connectivity index (χ3n) is 1.64. The number of alkyl halides is 1. The molecule has 0 aliphatic carbocycles. The highest BCUT2D eigenvalue weighted by Crippen LogP contribution is 2.13. The van der Waals surface area contributed by atoms with Crippen molar-refractivity contribution in [2.75, 3.05) is 12.5 Å². The summed E-state index contributed by atoms with van der Waals surface area (Å²) in [4.78, 5) is 10.2. The number of rotatable bonds is 5. The van der Waals surface area contributed by atoms with Crippen LogP contribution >= 0.6 is 11.6 Å². The average Bonchev–Trinajstić information content (AvgIpc) is 2.25. The van der Waals surface area contributed by atoms with E-state index in [0.29, 0.717) is 11.6 Å². The van der Waals surface area contributed by atoms with Crippen LogP contribution in [0.5, 0.6) is 5.75 Å². The molecule has 1 aromatic rings. The van der Waals surface area contributed by atoms with Gasteiger partial charge in [0.15, 0.2) is 6.61 Å². The number of carbonyl (C=O) groups is 1. The molecule has 0 spiro atoms. The first-order chi connectivity index (χ1) is 7.22. The van der Waals surface area contributed by atoms with Gasteiger partial charge in [-0.3, -0.25) is 0 Å². The number of aliphatic carboxylic acids is 1. The van der Waals surface area contributed by atoms with E-state index >= 15 is 0 Å². The summed E-state index contributed by atoms with van der Waals surface area (Å²) in [6, 6.07) is 7.11. The highest BCUT2D eigenvalue weighted by Gasteiger charge is 1.98. The smallest absolute Gasteiger partial charge is 0.341 e. The highest BCUT2D eigenvalue weighted by atomic mass is 35.5. The van der Waals surface area contributed by atoms with Crippen molar-refractivity contribution in [2.45, 2.75) is 0 Å². The van der Waals surface area contributed by atoms with Gasteiger partial charge in [-0.25, -0.2) is 4.79 Å². The van der Waals surface area contributed by atoms with Gasteiger partial charge >= 0.3 is 5.97 Å². The minimum absolute atomic E-state index is 0.323. The molecule has 0 atom stereocenters. The Balaban J connectivity index is 2.56. The third-order valence-corrected chi connectivity index (χ3v) is 1.82. The van der Waals surface area contributed by atoms with Crippen LogP contribution in [-0.4, -0.2) is 23.6 Å². The van der Waals surface area contributed by atoms with Crippen LogP contribution in [-0.2, 0) is 4.79 Å². The monoisotopic (exact) mass is 226 g/mol. The topological polar surface area (TPSA) is 46.5 Å². The molecule has 0 aromatic heterocycles. The van der Waals surface area contributed by atoms with Gasteiger partial charge in [-0.1, -0.05) is 24.3 Å². The van der Waals surface area contributed by atoms with Crippen LogP contribution in [0.2, 0.25) is 0 Å². The van der Waals surface area contributed by atoms with E-state index in [1.54, 1.807) is 12.1 Å². The summed E-state index contributed by atoms with van der Waals surface area (Å²) in [5, 5.41) is 8.39. The van der Waals surface area contributed by atoms with Crippen LogP contribution in [0.25, 0.3) is 6.08 Å². The Bertz CT molecular complexity index is 343. The molecule has 0 unspecified atom stereocenters. The molecule has 0 amide bonds. The van der Waals surface area contributed by atoms with Crippen molar-refractivity contribution in [1.29, 1.82) is 0 Å². The number of allylic oxidation sites excluding steroid dienone is 1. The molecule has 80 valence electrons. The van der Waals surface area contributed by atoms with Gasteiger partial charge in [0.2, 0.25) is 0 Å². The summed E-state index contributed by atoms with van der Waals surface area (Å²) in [6.45, 7) is -0.323. The SMILES string of the molecule is O=C(O)COc1ccc(C=CCCl)cc1. The third kappa shape index (κ3) is 4.51. The van der Waals surface area contributed by atoms with E-state index in [0.717, 1.165) is 5.56 Å². The zero-order valence-electron chi connectivity index (χ0n) is 8.02. The van der Waals surface area contributed by atoms with Gasteiger partial charge < -0.3 is 9.84 Å². The number of ether oxygens (including phenoxy) is 1. The minimum atomic E-state index is -0.985. The Morgan fingerprint density at radius 3 is 2.60 bits per heavy atom. The first-order valence-electron chi connectivity index (χ1n) is 4.39. The van der Waals surface area contributed by atoms with E-state index in [9.17, 15) is 4.79 Å². The molecule has 0 saturated carbocycles. The molecule has 1 aromatic carbocycles. The summed E-state index contributed by atoms with van der Waals surface area (Å²) >= 11 is 5.49. The fourth-order valence-corrected chi connectivity index (χ4v) is 1.09. The van der Waals surface area contributed by atoms with Gasteiger partial charge in [0.1, 0.15) is 5.75 Å². The molecule has 1 rings (SSSR count). The molecule has 0 fully saturated rings. The second-order valence-corrected chi connectivity index (χ2v) is 3.12. The summed E-state index contributed by atoms with van der Waals surface area (Å²) in [5.41, 5.74) is 0.998. The van der Waals surface area contributed by atoms with Gasteiger partial charge in [-0.2, -0.15) is 0 Å². The van der Waals surface area contributed by atoms with Crippen LogP contribution in [0.4, 0.5) is 0 Å². The van der Waals surface area contributed by atoms with Crippen molar-refractivity contribution in [2.24, 2.45) is 0 Å². The second kappa shape index (κ2) is 6.09. The predicted molar refractivity (Wildman–Crippen MR) is 59.3 cm³/mol. The fraction of sp³-hybridized carbons (Fsp3) is 0.182. The van der Waals surface area contributed by atoms with E-state index in [1.165, 1.54) is 0 Å². The molecule has 0 bridgehead atoms. The van der Waals surface area contributed by atoms with Crippen LogP contribution < -0.4 is 4.74 Å². The number of halogens is 1. The first-order valence-corrected chi connectivity index (χ1v) is 4.93. The Labute approximate surface area is 92.9 Å². The van der Waals surface area contributed by atoms with Crippen molar-refractivity contribution in [3.05, 3.63) is 35.9 Å². The number of carboxylic acids is 1. The lowest BCUT2D eigenvalue weighted by Crippen LogP contribution is -2.09. The second-order valence-electron chi connectivity index (χ2n) is 2.81. The molecule has 0 aliphatic heterocycles. The van der Waals surface area contributed by atoms with E-state index in [4.69, 9.17) is 21.4 Å². The van der Waals surface area contributed by atoms with Gasteiger partial charge in [-0.05, 0) is 17.7 Å². The molecule has 0 saturated heterocycles. The highest BCUT2D eigenvalue weighted by molar-refractivity contribution is 6.19. The van der Waals surface area contributed by atoms with Gasteiger partial charge in [0.05, 0.1) is 0 Å².